The van der Waals surface area contributed by atoms with Crippen molar-refractivity contribution in [3.63, 3.8) is 0 Å². The molecule has 1 saturated heterocycles. The monoisotopic (exact) mass is 301 g/mol. The normalized spacial score (nSPS) is 22.5. The predicted molar refractivity (Wildman–Crippen MR) is 82.6 cm³/mol. The molecule has 116 valence electrons. The Morgan fingerprint density at radius 1 is 1.27 bits per heavy atom. The summed E-state index contributed by atoms with van der Waals surface area (Å²) in [5.41, 5.74) is 1.13. The van der Waals surface area contributed by atoms with Gasteiger partial charge in [0.2, 0.25) is 5.91 Å². The first-order valence-electron chi connectivity index (χ1n) is 7.51. The fourth-order valence-electron chi connectivity index (χ4n) is 2.66. The average Bonchev–Trinajstić information content (AvgIpc) is 2.55. The van der Waals surface area contributed by atoms with Crippen LogP contribution < -0.4 is 5.01 Å². The molecule has 1 aromatic carbocycles. The Hall–Kier alpha value is -2.21. The van der Waals surface area contributed by atoms with Gasteiger partial charge in [0.1, 0.15) is 5.71 Å². The molecule has 0 radical (unpaired) electrons. The van der Waals surface area contributed by atoms with Crippen molar-refractivity contribution in [1.29, 1.82) is 0 Å². The molecule has 6 heteroatoms. The van der Waals surface area contributed by atoms with E-state index in [1.165, 1.54) is 5.01 Å². The first kappa shape index (κ1) is 14.7. The lowest BCUT2D eigenvalue weighted by Crippen LogP contribution is -2.48. The maximum Gasteiger partial charge on any atom is 0.270 e. The highest BCUT2D eigenvalue weighted by Crippen LogP contribution is 2.20. The van der Waals surface area contributed by atoms with Crippen molar-refractivity contribution in [3.8, 4) is 0 Å². The van der Waals surface area contributed by atoms with E-state index in [1.807, 2.05) is 37.3 Å². The van der Waals surface area contributed by atoms with Gasteiger partial charge in [-0.25, -0.2) is 5.01 Å². The first-order chi connectivity index (χ1) is 10.6. The molecule has 0 saturated carbocycles. The Kier molecular flexibility index (Phi) is 4.20. The molecule has 22 heavy (non-hydrogen) atoms. The third kappa shape index (κ3) is 3.01. The zero-order chi connectivity index (χ0) is 15.5. The molecule has 0 bridgehead atoms. The van der Waals surface area contributed by atoms with Gasteiger partial charge < -0.3 is 9.64 Å². The quantitative estimate of drug-likeness (QED) is 0.830. The molecule has 0 spiro atoms. The summed E-state index contributed by atoms with van der Waals surface area (Å²) in [4.78, 5) is 26.4. The number of para-hydroxylation sites is 1. The van der Waals surface area contributed by atoms with E-state index in [1.54, 1.807) is 4.90 Å². The van der Waals surface area contributed by atoms with E-state index in [4.69, 9.17) is 4.74 Å². The maximum absolute atomic E-state index is 12.6. The minimum atomic E-state index is -0.0939. The molecule has 1 fully saturated rings. The lowest BCUT2D eigenvalue weighted by atomic mass is 10.1. The lowest BCUT2D eigenvalue weighted by molar-refractivity contribution is -0.131. The largest absolute Gasteiger partial charge is 0.375 e. The van der Waals surface area contributed by atoms with E-state index in [2.05, 4.69) is 5.10 Å². The number of amides is 2. The van der Waals surface area contributed by atoms with Crippen LogP contribution in [0, 0.1) is 0 Å². The van der Waals surface area contributed by atoms with Crippen molar-refractivity contribution in [3.05, 3.63) is 30.3 Å². The molecule has 1 unspecified atom stereocenters. The van der Waals surface area contributed by atoms with Crippen LogP contribution in [0.2, 0.25) is 0 Å². The molecule has 3 rings (SSSR count). The first-order valence-corrected chi connectivity index (χ1v) is 7.51. The number of carbonyl (C=O) groups is 2. The highest BCUT2D eigenvalue weighted by atomic mass is 16.5. The Balaban J connectivity index is 1.81. The van der Waals surface area contributed by atoms with E-state index in [9.17, 15) is 9.59 Å². The summed E-state index contributed by atoms with van der Waals surface area (Å²) < 4.78 is 5.45. The van der Waals surface area contributed by atoms with Crippen LogP contribution in [0.1, 0.15) is 19.8 Å². The van der Waals surface area contributed by atoms with Crippen molar-refractivity contribution >= 4 is 23.2 Å². The van der Waals surface area contributed by atoms with Gasteiger partial charge in [-0.05, 0) is 19.1 Å². The number of morpholine rings is 1. The van der Waals surface area contributed by atoms with Crippen LogP contribution in [0.4, 0.5) is 5.69 Å². The van der Waals surface area contributed by atoms with E-state index >= 15 is 0 Å². The second-order valence-corrected chi connectivity index (χ2v) is 5.52. The summed E-state index contributed by atoms with van der Waals surface area (Å²) in [5, 5.41) is 5.64. The summed E-state index contributed by atoms with van der Waals surface area (Å²) in [6.07, 6.45) is 0.736. The van der Waals surface area contributed by atoms with Gasteiger partial charge in [0.15, 0.2) is 0 Å². The average molecular weight is 301 g/mol. The number of hydrazone groups is 1. The zero-order valence-electron chi connectivity index (χ0n) is 12.6. The highest BCUT2D eigenvalue weighted by molar-refractivity contribution is 6.40. The molecule has 2 amide bonds. The minimum Gasteiger partial charge on any atom is -0.375 e. The van der Waals surface area contributed by atoms with Crippen molar-refractivity contribution < 1.29 is 14.3 Å². The molecule has 2 aliphatic rings. The topological polar surface area (TPSA) is 62.2 Å². The standard InChI is InChI=1S/C16H19N3O3/c1-12-11-18(9-10-22-12)16(21)14-7-8-15(20)19(17-14)13-5-3-2-4-6-13/h2-6,12H,7-11H2,1H3. The van der Waals surface area contributed by atoms with Crippen molar-refractivity contribution in [2.24, 2.45) is 5.10 Å². The van der Waals surface area contributed by atoms with Crippen LogP contribution in [0.25, 0.3) is 0 Å². The van der Waals surface area contributed by atoms with Gasteiger partial charge in [-0.1, -0.05) is 18.2 Å². The van der Waals surface area contributed by atoms with E-state index in [-0.39, 0.29) is 17.9 Å². The van der Waals surface area contributed by atoms with Gasteiger partial charge >= 0.3 is 0 Å². The Bertz CT molecular complexity index is 600. The number of nitrogens with zero attached hydrogens (tertiary/aromatic N) is 3. The second kappa shape index (κ2) is 6.27. The summed E-state index contributed by atoms with van der Waals surface area (Å²) in [6.45, 7) is 3.63. The fourth-order valence-corrected chi connectivity index (χ4v) is 2.66. The number of rotatable bonds is 2. The minimum absolute atomic E-state index is 0.0359. The van der Waals surface area contributed by atoms with E-state index < -0.39 is 0 Å². The summed E-state index contributed by atoms with van der Waals surface area (Å²) in [7, 11) is 0. The molecule has 0 aliphatic carbocycles. The molecular formula is C16H19N3O3. The predicted octanol–water partition coefficient (Wildman–Crippen LogP) is 1.42. The van der Waals surface area contributed by atoms with E-state index in [0.717, 1.165) is 0 Å². The number of ether oxygens (including phenoxy) is 1. The number of hydrogen-bond donors (Lipinski definition) is 0. The SMILES string of the molecule is CC1CN(C(=O)C2=NN(c3ccccc3)C(=O)CC2)CCO1. The number of carbonyl (C=O) groups excluding carboxylic acids is 2. The van der Waals surface area contributed by atoms with Crippen LogP contribution in [-0.4, -0.2) is 48.2 Å². The molecular weight excluding hydrogens is 282 g/mol. The molecule has 2 heterocycles. The van der Waals surface area contributed by atoms with E-state index in [0.29, 0.717) is 43.9 Å². The zero-order valence-corrected chi connectivity index (χ0v) is 12.6. The van der Waals surface area contributed by atoms with Crippen molar-refractivity contribution in [1.82, 2.24) is 4.90 Å². The third-order valence-electron chi connectivity index (χ3n) is 3.81. The number of anilines is 1. The summed E-state index contributed by atoms with van der Waals surface area (Å²) in [6, 6.07) is 9.19. The Morgan fingerprint density at radius 3 is 2.77 bits per heavy atom. The summed E-state index contributed by atoms with van der Waals surface area (Å²) in [5.74, 6) is -0.179. The van der Waals surface area contributed by atoms with Gasteiger partial charge in [0.25, 0.3) is 5.91 Å². The van der Waals surface area contributed by atoms with Crippen LogP contribution in [0.5, 0.6) is 0 Å². The second-order valence-electron chi connectivity index (χ2n) is 5.52. The van der Waals surface area contributed by atoms with Crippen LogP contribution >= 0.6 is 0 Å². The highest BCUT2D eigenvalue weighted by Gasteiger charge is 2.30. The third-order valence-corrected chi connectivity index (χ3v) is 3.81. The van der Waals surface area contributed by atoms with Gasteiger partial charge in [-0.15, -0.1) is 0 Å². The van der Waals surface area contributed by atoms with Crippen LogP contribution in [0.15, 0.2) is 35.4 Å². The summed E-state index contributed by atoms with van der Waals surface area (Å²) >= 11 is 0. The number of benzene rings is 1. The van der Waals surface area contributed by atoms with Crippen LogP contribution in [-0.2, 0) is 14.3 Å². The Labute approximate surface area is 129 Å². The Morgan fingerprint density at radius 2 is 2.05 bits per heavy atom. The van der Waals surface area contributed by atoms with Gasteiger partial charge in [0, 0.05) is 25.9 Å². The smallest absolute Gasteiger partial charge is 0.270 e. The maximum atomic E-state index is 12.6. The molecule has 1 atom stereocenters. The molecule has 6 nitrogen and oxygen atoms in total. The molecule has 0 N–H and O–H groups in total. The number of hydrogen-bond acceptors (Lipinski definition) is 4. The fraction of sp³-hybridized carbons (Fsp3) is 0.438. The van der Waals surface area contributed by atoms with Gasteiger partial charge in [0.05, 0.1) is 18.4 Å². The van der Waals surface area contributed by atoms with Crippen molar-refractivity contribution in [2.45, 2.75) is 25.9 Å². The molecule has 1 aromatic rings. The van der Waals surface area contributed by atoms with Crippen molar-refractivity contribution in [2.75, 3.05) is 24.7 Å². The lowest BCUT2D eigenvalue weighted by Gasteiger charge is -2.32. The van der Waals surface area contributed by atoms with Gasteiger partial charge in [-0.2, -0.15) is 5.10 Å². The molecule has 2 aliphatic heterocycles. The van der Waals surface area contributed by atoms with Gasteiger partial charge in [-0.3, -0.25) is 9.59 Å². The molecule has 0 aromatic heterocycles. The van der Waals surface area contributed by atoms with Crippen LogP contribution in [0.3, 0.4) is 0 Å².